The number of carbonyl (C=O) groups is 1. The number of rotatable bonds is 3. The van der Waals surface area contributed by atoms with Crippen molar-refractivity contribution in [2.45, 2.75) is 39.7 Å². The summed E-state index contributed by atoms with van der Waals surface area (Å²) in [5, 5.41) is 1.11. The number of hydrogen-bond acceptors (Lipinski definition) is 2. The first-order chi connectivity index (χ1) is 13.4. The normalized spacial score (nSPS) is 15.2. The van der Waals surface area contributed by atoms with E-state index in [1.165, 1.54) is 11.6 Å². The van der Waals surface area contributed by atoms with Gasteiger partial charge in [-0.3, -0.25) is 4.79 Å². The van der Waals surface area contributed by atoms with E-state index in [0.717, 1.165) is 22.0 Å². The van der Waals surface area contributed by atoms with Gasteiger partial charge in [0.1, 0.15) is 11.8 Å². The average molecular weight is 380 g/mol. The molecule has 0 saturated carbocycles. The fourth-order valence-electron chi connectivity index (χ4n) is 4.05. The predicted molar refractivity (Wildman–Crippen MR) is 108 cm³/mol. The van der Waals surface area contributed by atoms with Crippen LogP contribution in [0.2, 0.25) is 0 Å². The van der Waals surface area contributed by atoms with Gasteiger partial charge in [-0.05, 0) is 50.1 Å². The van der Waals surface area contributed by atoms with Gasteiger partial charge in [-0.1, -0.05) is 23.8 Å². The van der Waals surface area contributed by atoms with E-state index < -0.39 is 0 Å². The highest BCUT2D eigenvalue weighted by Crippen LogP contribution is 2.28. The number of H-pyrrole nitrogens is 1. The number of amides is 1. The Labute approximate surface area is 164 Å². The molecule has 1 aromatic heterocycles. The number of aromatic nitrogens is 1. The number of para-hydroxylation sites is 1. The number of carbonyl (C=O) groups excluding carboxylic acids is 1. The highest BCUT2D eigenvalue weighted by Gasteiger charge is 2.27. The zero-order chi connectivity index (χ0) is 19.8. The Balaban J connectivity index is 1.47. The number of likely N-dealkylation sites (tertiary alicyclic amines) is 1. The van der Waals surface area contributed by atoms with Crippen LogP contribution in [-0.4, -0.2) is 35.0 Å². The lowest BCUT2D eigenvalue weighted by molar-refractivity contribution is 0.0583. The molecule has 0 radical (unpaired) electrons. The van der Waals surface area contributed by atoms with E-state index in [9.17, 15) is 9.18 Å². The summed E-state index contributed by atoms with van der Waals surface area (Å²) in [5.74, 6) is -0.0416. The highest BCUT2D eigenvalue weighted by atomic mass is 19.1. The summed E-state index contributed by atoms with van der Waals surface area (Å²) < 4.78 is 19.6. The van der Waals surface area contributed by atoms with Crippen molar-refractivity contribution < 1.29 is 13.9 Å². The molecule has 1 aliphatic rings. The van der Waals surface area contributed by atoms with E-state index in [1.54, 1.807) is 18.2 Å². The zero-order valence-electron chi connectivity index (χ0n) is 16.5. The Bertz CT molecular complexity index is 1030. The van der Waals surface area contributed by atoms with Gasteiger partial charge in [-0.2, -0.15) is 0 Å². The lowest BCUT2D eigenvalue weighted by atomic mass is 10.0. The lowest BCUT2D eigenvalue weighted by Crippen LogP contribution is -2.42. The molecule has 0 unspecified atom stereocenters. The molecule has 3 aromatic rings. The van der Waals surface area contributed by atoms with Crippen LogP contribution in [0.5, 0.6) is 5.75 Å². The molecule has 0 spiro atoms. The minimum absolute atomic E-state index is 0.0232. The molecule has 1 N–H and O–H groups in total. The van der Waals surface area contributed by atoms with Gasteiger partial charge in [0.05, 0.1) is 0 Å². The van der Waals surface area contributed by atoms with Gasteiger partial charge in [0.2, 0.25) is 0 Å². The molecule has 0 aliphatic carbocycles. The third-order valence-electron chi connectivity index (χ3n) is 5.58. The van der Waals surface area contributed by atoms with Crippen LogP contribution < -0.4 is 4.74 Å². The molecule has 1 amide bonds. The Morgan fingerprint density at radius 2 is 1.86 bits per heavy atom. The Kier molecular flexibility index (Phi) is 4.84. The number of hydrogen-bond donors (Lipinski definition) is 1. The number of aryl methyl sites for hydroxylation is 3. The van der Waals surface area contributed by atoms with Gasteiger partial charge in [0, 0.05) is 36.8 Å². The van der Waals surface area contributed by atoms with Crippen LogP contribution in [0.3, 0.4) is 0 Å². The van der Waals surface area contributed by atoms with Crippen molar-refractivity contribution in [3.8, 4) is 5.75 Å². The van der Waals surface area contributed by atoms with Gasteiger partial charge in [-0.25, -0.2) is 4.39 Å². The molecular weight excluding hydrogens is 355 g/mol. The molecular formula is C23H25FN2O2. The Hall–Kier alpha value is -2.82. The second-order valence-electron chi connectivity index (χ2n) is 7.67. The third kappa shape index (κ3) is 3.37. The van der Waals surface area contributed by atoms with E-state index in [-0.39, 0.29) is 23.6 Å². The fraction of sp³-hybridized carbons (Fsp3) is 0.348. The van der Waals surface area contributed by atoms with Crippen molar-refractivity contribution in [2.24, 2.45) is 0 Å². The summed E-state index contributed by atoms with van der Waals surface area (Å²) in [4.78, 5) is 18.3. The number of fused-ring (bicyclic) bond motifs is 1. The molecule has 2 aromatic carbocycles. The summed E-state index contributed by atoms with van der Waals surface area (Å²) in [5.41, 5.74) is 5.03. The molecule has 28 heavy (non-hydrogen) atoms. The first kappa shape index (κ1) is 18.5. The van der Waals surface area contributed by atoms with Crippen molar-refractivity contribution in [2.75, 3.05) is 13.1 Å². The van der Waals surface area contributed by atoms with E-state index in [4.69, 9.17) is 4.74 Å². The number of piperidine rings is 1. The number of ether oxygens (including phenoxy) is 1. The molecule has 1 fully saturated rings. The fourth-order valence-corrected chi connectivity index (χ4v) is 4.05. The van der Waals surface area contributed by atoms with E-state index in [2.05, 4.69) is 31.0 Å². The summed E-state index contributed by atoms with van der Waals surface area (Å²) in [6.07, 6.45) is 1.31. The van der Waals surface area contributed by atoms with E-state index in [1.807, 2.05) is 11.8 Å². The van der Waals surface area contributed by atoms with Crippen molar-refractivity contribution >= 4 is 16.8 Å². The lowest BCUT2D eigenvalue weighted by Gasteiger charge is -2.32. The van der Waals surface area contributed by atoms with Crippen LogP contribution in [0.15, 0.2) is 36.4 Å². The standard InChI is InChI=1S/C23H25FN2O2/c1-14-12-15(2)21-18(13-14)16(3)22(25-21)23(27)26-10-8-17(9-11-26)28-20-7-5-4-6-19(20)24/h4-7,12-13,17,25H,8-11H2,1-3H3. The largest absolute Gasteiger partial charge is 0.487 e. The molecule has 5 heteroatoms. The average Bonchev–Trinajstić information content (AvgIpc) is 3.01. The van der Waals surface area contributed by atoms with Crippen molar-refractivity contribution in [3.63, 3.8) is 0 Å². The van der Waals surface area contributed by atoms with E-state index in [0.29, 0.717) is 31.6 Å². The highest BCUT2D eigenvalue weighted by molar-refractivity contribution is 6.01. The van der Waals surface area contributed by atoms with Crippen molar-refractivity contribution in [1.82, 2.24) is 9.88 Å². The first-order valence-electron chi connectivity index (χ1n) is 9.74. The minimum Gasteiger partial charge on any atom is -0.487 e. The van der Waals surface area contributed by atoms with Crippen LogP contribution in [0, 0.1) is 26.6 Å². The second kappa shape index (κ2) is 7.30. The molecule has 4 rings (SSSR count). The van der Waals surface area contributed by atoms with Crippen LogP contribution in [-0.2, 0) is 0 Å². The number of halogens is 1. The molecule has 0 atom stereocenters. The smallest absolute Gasteiger partial charge is 0.270 e. The molecule has 1 saturated heterocycles. The quantitative estimate of drug-likeness (QED) is 0.701. The maximum Gasteiger partial charge on any atom is 0.270 e. The summed E-state index contributed by atoms with van der Waals surface area (Å²) in [6.45, 7) is 7.33. The second-order valence-corrected chi connectivity index (χ2v) is 7.67. The summed E-state index contributed by atoms with van der Waals surface area (Å²) in [7, 11) is 0. The first-order valence-corrected chi connectivity index (χ1v) is 9.74. The summed E-state index contributed by atoms with van der Waals surface area (Å²) in [6, 6.07) is 10.7. The number of benzene rings is 2. The maximum absolute atomic E-state index is 13.8. The zero-order valence-corrected chi connectivity index (χ0v) is 16.5. The minimum atomic E-state index is -0.347. The van der Waals surface area contributed by atoms with Crippen LogP contribution >= 0.6 is 0 Å². The van der Waals surface area contributed by atoms with Gasteiger partial charge in [0.15, 0.2) is 11.6 Å². The van der Waals surface area contributed by atoms with Gasteiger partial charge >= 0.3 is 0 Å². The van der Waals surface area contributed by atoms with Crippen LogP contribution in [0.25, 0.3) is 10.9 Å². The topological polar surface area (TPSA) is 45.3 Å². The monoisotopic (exact) mass is 380 g/mol. The molecule has 2 heterocycles. The van der Waals surface area contributed by atoms with Gasteiger partial charge in [-0.15, -0.1) is 0 Å². The number of nitrogens with zero attached hydrogens (tertiary/aromatic N) is 1. The molecule has 146 valence electrons. The predicted octanol–water partition coefficient (Wildman–Crippen LogP) is 4.92. The third-order valence-corrected chi connectivity index (χ3v) is 5.58. The molecule has 4 nitrogen and oxygen atoms in total. The Morgan fingerprint density at radius 1 is 1.14 bits per heavy atom. The van der Waals surface area contributed by atoms with Gasteiger partial charge in [0.25, 0.3) is 5.91 Å². The summed E-state index contributed by atoms with van der Waals surface area (Å²) >= 11 is 0. The molecule has 0 bridgehead atoms. The SMILES string of the molecule is Cc1cc(C)c2[nH]c(C(=O)N3CCC(Oc4ccccc4F)CC3)c(C)c2c1. The Morgan fingerprint density at radius 3 is 2.57 bits per heavy atom. The number of aromatic amines is 1. The van der Waals surface area contributed by atoms with Crippen LogP contribution in [0.1, 0.15) is 40.0 Å². The van der Waals surface area contributed by atoms with Gasteiger partial charge < -0.3 is 14.6 Å². The maximum atomic E-state index is 13.8. The van der Waals surface area contributed by atoms with Crippen LogP contribution in [0.4, 0.5) is 4.39 Å². The molecule has 1 aliphatic heterocycles. The van der Waals surface area contributed by atoms with Crippen molar-refractivity contribution in [1.29, 1.82) is 0 Å². The van der Waals surface area contributed by atoms with E-state index >= 15 is 0 Å². The van der Waals surface area contributed by atoms with Crippen molar-refractivity contribution in [3.05, 3.63) is 64.6 Å². The number of nitrogens with one attached hydrogen (secondary N) is 1.